The summed E-state index contributed by atoms with van der Waals surface area (Å²) >= 11 is 0. The third-order valence-electron chi connectivity index (χ3n) is 2.93. The zero-order chi connectivity index (χ0) is 13.1. The summed E-state index contributed by atoms with van der Waals surface area (Å²) in [6, 6.07) is 1.18. The molecule has 0 aromatic carbocycles. The maximum Gasteiger partial charge on any atom is 0.337 e. The molecule has 1 aliphatic carbocycles. The first kappa shape index (κ1) is 12.3. The minimum Gasteiger partial charge on any atom is -0.478 e. The number of rotatable bonds is 4. The van der Waals surface area contributed by atoms with E-state index in [1.54, 1.807) is 0 Å². The third kappa shape index (κ3) is 3.19. The molecule has 6 nitrogen and oxygen atoms in total. The number of carboxylic acid groups (broad SMARTS) is 1. The second-order valence-corrected chi connectivity index (χ2v) is 4.49. The van der Waals surface area contributed by atoms with Gasteiger partial charge in [-0.25, -0.2) is 9.59 Å². The van der Waals surface area contributed by atoms with Crippen molar-refractivity contribution >= 4 is 17.7 Å². The van der Waals surface area contributed by atoms with Gasteiger partial charge in [0.05, 0.1) is 17.4 Å². The number of aromatic nitrogens is 1. The van der Waals surface area contributed by atoms with Gasteiger partial charge in [0.25, 0.3) is 0 Å². The van der Waals surface area contributed by atoms with Crippen molar-refractivity contribution in [3.63, 3.8) is 0 Å². The van der Waals surface area contributed by atoms with Gasteiger partial charge in [0.2, 0.25) is 0 Å². The largest absolute Gasteiger partial charge is 0.478 e. The molecule has 18 heavy (non-hydrogen) atoms. The lowest BCUT2D eigenvalue weighted by atomic mass is 10.2. The lowest BCUT2D eigenvalue weighted by Gasteiger charge is -2.13. The molecular weight excluding hydrogens is 234 g/mol. The fraction of sp³-hybridized carbons (Fsp3) is 0.417. The van der Waals surface area contributed by atoms with E-state index in [0.717, 1.165) is 12.8 Å². The monoisotopic (exact) mass is 249 g/mol. The van der Waals surface area contributed by atoms with Crippen LogP contribution in [0, 0.1) is 5.92 Å². The summed E-state index contributed by atoms with van der Waals surface area (Å²) in [4.78, 5) is 26.1. The molecule has 1 atom stereocenters. The summed E-state index contributed by atoms with van der Waals surface area (Å²) in [7, 11) is 0. The van der Waals surface area contributed by atoms with E-state index in [-0.39, 0.29) is 17.6 Å². The number of hydrogen-bond acceptors (Lipinski definition) is 3. The molecule has 1 saturated carbocycles. The number of pyridine rings is 1. The molecule has 2 rings (SSSR count). The van der Waals surface area contributed by atoms with E-state index >= 15 is 0 Å². The van der Waals surface area contributed by atoms with Crippen LogP contribution in [-0.2, 0) is 0 Å². The normalized spacial score (nSPS) is 15.8. The zero-order valence-corrected chi connectivity index (χ0v) is 10.0. The molecule has 96 valence electrons. The number of aromatic carboxylic acids is 1. The second-order valence-electron chi connectivity index (χ2n) is 4.49. The van der Waals surface area contributed by atoms with Crippen molar-refractivity contribution in [1.82, 2.24) is 10.3 Å². The third-order valence-corrected chi connectivity index (χ3v) is 2.93. The molecular formula is C12H15N3O3. The Kier molecular flexibility index (Phi) is 3.45. The maximum absolute atomic E-state index is 11.6. The molecule has 3 N–H and O–H groups in total. The van der Waals surface area contributed by atoms with E-state index in [2.05, 4.69) is 15.6 Å². The number of hydrogen-bond donors (Lipinski definition) is 3. The lowest BCUT2D eigenvalue weighted by Crippen LogP contribution is -2.37. The smallest absolute Gasteiger partial charge is 0.337 e. The number of nitrogens with zero attached hydrogens (tertiary/aromatic N) is 1. The van der Waals surface area contributed by atoms with Gasteiger partial charge >= 0.3 is 12.0 Å². The summed E-state index contributed by atoms with van der Waals surface area (Å²) in [6.07, 6.45) is 4.95. The molecule has 1 aromatic heterocycles. The highest BCUT2D eigenvalue weighted by atomic mass is 16.4. The van der Waals surface area contributed by atoms with E-state index < -0.39 is 5.97 Å². The highest BCUT2D eigenvalue weighted by Crippen LogP contribution is 2.32. The molecule has 0 spiro atoms. The Labute approximate surface area is 104 Å². The Bertz CT molecular complexity index is 471. The first-order valence-corrected chi connectivity index (χ1v) is 5.82. The maximum atomic E-state index is 11.6. The first-order valence-electron chi connectivity index (χ1n) is 5.82. The Morgan fingerprint density at radius 1 is 1.44 bits per heavy atom. The van der Waals surface area contributed by atoms with E-state index in [1.807, 2.05) is 6.92 Å². The topological polar surface area (TPSA) is 91.3 Å². The van der Waals surface area contributed by atoms with Gasteiger partial charge in [-0.3, -0.25) is 4.98 Å². The van der Waals surface area contributed by atoms with Crippen LogP contribution in [0.25, 0.3) is 0 Å². The Morgan fingerprint density at radius 3 is 2.78 bits per heavy atom. The fourth-order valence-corrected chi connectivity index (χ4v) is 1.71. The van der Waals surface area contributed by atoms with E-state index in [9.17, 15) is 9.59 Å². The number of carbonyl (C=O) groups is 2. The van der Waals surface area contributed by atoms with Crippen LogP contribution in [0.2, 0.25) is 0 Å². The summed E-state index contributed by atoms with van der Waals surface area (Å²) < 4.78 is 0. The van der Waals surface area contributed by atoms with Gasteiger partial charge in [0.1, 0.15) is 0 Å². The van der Waals surface area contributed by atoms with Gasteiger partial charge in [-0.2, -0.15) is 0 Å². The molecule has 0 radical (unpaired) electrons. The molecule has 1 aliphatic rings. The molecule has 0 saturated heterocycles. The number of carboxylic acids is 1. The van der Waals surface area contributed by atoms with Crippen LogP contribution in [0.5, 0.6) is 0 Å². The molecule has 1 heterocycles. The Morgan fingerprint density at radius 2 is 2.17 bits per heavy atom. The quantitative estimate of drug-likeness (QED) is 0.757. The van der Waals surface area contributed by atoms with Crippen LogP contribution in [0.15, 0.2) is 18.5 Å². The molecule has 1 fully saturated rings. The fourth-order valence-electron chi connectivity index (χ4n) is 1.71. The van der Waals surface area contributed by atoms with Crippen LogP contribution in [0.4, 0.5) is 10.5 Å². The second kappa shape index (κ2) is 5.03. The van der Waals surface area contributed by atoms with Crippen molar-refractivity contribution < 1.29 is 14.7 Å². The van der Waals surface area contributed by atoms with Gasteiger partial charge in [-0.1, -0.05) is 0 Å². The Balaban J connectivity index is 1.93. The number of nitrogens with one attached hydrogen (secondary N) is 2. The molecule has 6 heteroatoms. The van der Waals surface area contributed by atoms with Crippen LogP contribution in [-0.4, -0.2) is 28.1 Å². The SMILES string of the molecule is CC(NC(=O)Nc1cncc(C(=O)O)c1)C1CC1. The van der Waals surface area contributed by atoms with Crippen molar-refractivity contribution in [1.29, 1.82) is 0 Å². The Hall–Kier alpha value is -2.11. The van der Waals surface area contributed by atoms with Crippen molar-refractivity contribution in [3.8, 4) is 0 Å². The highest BCUT2D eigenvalue weighted by molar-refractivity contribution is 5.92. The van der Waals surface area contributed by atoms with Crippen LogP contribution in [0.1, 0.15) is 30.1 Å². The molecule has 0 aliphatic heterocycles. The summed E-state index contributed by atoms with van der Waals surface area (Å²) in [5.74, 6) is -0.503. The summed E-state index contributed by atoms with van der Waals surface area (Å²) in [5.41, 5.74) is 0.415. The minimum absolute atomic E-state index is 0.0445. The van der Waals surface area contributed by atoms with Gasteiger partial charge in [-0.05, 0) is 31.7 Å². The highest BCUT2D eigenvalue weighted by Gasteiger charge is 2.28. The van der Waals surface area contributed by atoms with Gasteiger partial charge in [0.15, 0.2) is 0 Å². The number of anilines is 1. The van der Waals surface area contributed by atoms with Crippen molar-refractivity contribution in [2.24, 2.45) is 5.92 Å². The predicted octanol–water partition coefficient (Wildman–Crippen LogP) is 1.70. The van der Waals surface area contributed by atoms with Gasteiger partial charge < -0.3 is 15.7 Å². The van der Waals surface area contributed by atoms with Crippen molar-refractivity contribution in [3.05, 3.63) is 24.0 Å². The standard InChI is InChI=1S/C12H15N3O3/c1-7(8-2-3-8)14-12(18)15-10-4-9(11(16)17)5-13-6-10/h4-8H,2-3H2,1H3,(H,16,17)(H2,14,15,18). The average molecular weight is 249 g/mol. The van der Waals surface area contributed by atoms with Gasteiger partial charge in [-0.15, -0.1) is 0 Å². The molecule has 1 aromatic rings. The number of amides is 2. The number of urea groups is 1. The predicted molar refractivity (Wildman–Crippen MR) is 65.5 cm³/mol. The van der Waals surface area contributed by atoms with Crippen molar-refractivity contribution in [2.45, 2.75) is 25.8 Å². The van der Waals surface area contributed by atoms with Crippen LogP contribution in [0.3, 0.4) is 0 Å². The van der Waals surface area contributed by atoms with E-state index in [1.165, 1.54) is 18.5 Å². The lowest BCUT2D eigenvalue weighted by molar-refractivity contribution is 0.0696. The van der Waals surface area contributed by atoms with Crippen LogP contribution < -0.4 is 10.6 Å². The summed E-state index contributed by atoms with van der Waals surface area (Å²) in [6.45, 7) is 1.96. The average Bonchev–Trinajstić information content (AvgIpc) is 3.12. The first-order chi connectivity index (χ1) is 8.56. The molecule has 0 bridgehead atoms. The minimum atomic E-state index is -1.07. The van der Waals surface area contributed by atoms with E-state index in [0.29, 0.717) is 11.6 Å². The zero-order valence-electron chi connectivity index (χ0n) is 10.0. The van der Waals surface area contributed by atoms with Crippen LogP contribution >= 0.6 is 0 Å². The summed E-state index contributed by atoms with van der Waals surface area (Å²) in [5, 5.41) is 14.2. The van der Waals surface area contributed by atoms with E-state index in [4.69, 9.17) is 5.11 Å². The van der Waals surface area contributed by atoms with Gasteiger partial charge in [0, 0.05) is 12.2 Å². The molecule has 2 amide bonds. The number of carbonyl (C=O) groups excluding carboxylic acids is 1. The van der Waals surface area contributed by atoms with Crippen molar-refractivity contribution in [2.75, 3.05) is 5.32 Å². The molecule has 1 unspecified atom stereocenters.